The van der Waals surface area contributed by atoms with Crippen LogP contribution in [0.25, 0.3) is 0 Å². The Kier molecular flexibility index (Phi) is 6.09. The van der Waals surface area contributed by atoms with Gasteiger partial charge in [-0.25, -0.2) is 9.18 Å². The Labute approximate surface area is 170 Å². The first-order chi connectivity index (χ1) is 13.9. The van der Waals surface area contributed by atoms with Gasteiger partial charge in [0.05, 0.1) is 12.0 Å². The molecule has 0 aliphatic rings. The number of esters is 1. The van der Waals surface area contributed by atoms with Crippen molar-refractivity contribution in [1.29, 1.82) is 0 Å². The molecule has 0 aromatic heterocycles. The zero-order chi connectivity index (χ0) is 21.0. The first-order valence-corrected chi connectivity index (χ1v) is 8.82. The average Bonchev–Trinajstić information content (AvgIpc) is 2.72. The van der Waals surface area contributed by atoms with E-state index < -0.39 is 22.8 Å². The highest BCUT2D eigenvalue weighted by Gasteiger charge is 2.24. The fourth-order valence-electron chi connectivity index (χ4n) is 2.77. The highest BCUT2D eigenvalue weighted by atomic mass is 35.5. The number of hydrogen-bond donors (Lipinski definition) is 0. The monoisotopic (exact) mass is 415 g/mol. The molecule has 0 fully saturated rings. The fourth-order valence-corrected chi connectivity index (χ4v) is 3.00. The summed E-state index contributed by atoms with van der Waals surface area (Å²) in [5.41, 5.74) is 0.762. The Morgan fingerprint density at radius 3 is 2.41 bits per heavy atom. The average molecular weight is 416 g/mol. The number of carbonyl (C=O) groups excluding carboxylic acids is 1. The number of ether oxygens (including phenoxy) is 2. The van der Waals surface area contributed by atoms with Crippen molar-refractivity contribution >= 4 is 23.3 Å². The van der Waals surface area contributed by atoms with Crippen LogP contribution in [0, 0.1) is 15.9 Å². The third-order valence-electron chi connectivity index (χ3n) is 4.18. The summed E-state index contributed by atoms with van der Waals surface area (Å²) in [5.74, 6) is -1.14. The van der Waals surface area contributed by atoms with Gasteiger partial charge in [-0.3, -0.25) is 10.1 Å². The molecule has 0 bridgehead atoms. The van der Waals surface area contributed by atoms with Crippen LogP contribution in [-0.2, 0) is 4.74 Å². The summed E-state index contributed by atoms with van der Waals surface area (Å²) in [6.07, 6.45) is -0.797. The van der Waals surface area contributed by atoms with E-state index in [1.54, 1.807) is 24.3 Å². The van der Waals surface area contributed by atoms with Crippen molar-refractivity contribution in [2.75, 3.05) is 7.11 Å². The van der Waals surface area contributed by atoms with E-state index in [4.69, 9.17) is 21.1 Å². The van der Waals surface area contributed by atoms with Gasteiger partial charge >= 0.3 is 5.97 Å². The number of benzene rings is 3. The van der Waals surface area contributed by atoms with Gasteiger partial charge < -0.3 is 9.47 Å². The minimum Gasteiger partial charge on any atom is -0.480 e. The summed E-state index contributed by atoms with van der Waals surface area (Å²) in [6, 6.07) is 16.2. The van der Waals surface area contributed by atoms with Crippen molar-refractivity contribution in [3.63, 3.8) is 0 Å². The molecular formula is C21H15ClFNO5. The smallest absolute Gasteiger partial charge is 0.341 e. The second kappa shape index (κ2) is 8.70. The Balaban J connectivity index is 2.11. The fraction of sp³-hybridized carbons (Fsp3) is 0.0952. The number of nitro groups is 1. The summed E-state index contributed by atoms with van der Waals surface area (Å²) in [7, 11) is 1.16. The zero-order valence-corrected chi connectivity index (χ0v) is 15.9. The van der Waals surface area contributed by atoms with Crippen LogP contribution < -0.4 is 4.74 Å². The van der Waals surface area contributed by atoms with Gasteiger partial charge in [0.2, 0.25) is 0 Å². The van der Waals surface area contributed by atoms with Gasteiger partial charge in [0, 0.05) is 22.7 Å². The summed E-state index contributed by atoms with van der Waals surface area (Å²) in [4.78, 5) is 22.6. The van der Waals surface area contributed by atoms with Crippen molar-refractivity contribution < 1.29 is 23.6 Å². The topological polar surface area (TPSA) is 78.7 Å². The Bertz CT molecular complexity index is 1060. The van der Waals surface area contributed by atoms with E-state index in [0.717, 1.165) is 13.2 Å². The molecule has 0 saturated carbocycles. The molecule has 148 valence electrons. The standard InChI is InChI=1S/C21H15ClFNO5/c1-28-21(25)17-12-15(24(26)27)10-11-19(17)29-20(13-6-8-14(23)9-7-13)16-4-2-3-5-18(16)22/h2-12,20H,1H3. The maximum Gasteiger partial charge on any atom is 0.341 e. The molecular weight excluding hydrogens is 401 g/mol. The Morgan fingerprint density at radius 1 is 1.10 bits per heavy atom. The first-order valence-electron chi connectivity index (χ1n) is 8.44. The molecule has 29 heavy (non-hydrogen) atoms. The van der Waals surface area contributed by atoms with Crippen LogP contribution >= 0.6 is 11.6 Å². The van der Waals surface area contributed by atoms with E-state index in [0.29, 0.717) is 16.1 Å². The lowest BCUT2D eigenvalue weighted by Crippen LogP contribution is -2.13. The molecule has 1 unspecified atom stereocenters. The molecule has 0 aliphatic heterocycles. The second-order valence-corrected chi connectivity index (χ2v) is 6.41. The van der Waals surface area contributed by atoms with Crippen LogP contribution in [0.2, 0.25) is 5.02 Å². The van der Waals surface area contributed by atoms with Gasteiger partial charge in [0.15, 0.2) is 6.10 Å². The Hall–Kier alpha value is -3.45. The van der Waals surface area contributed by atoms with Crippen LogP contribution in [0.15, 0.2) is 66.7 Å². The van der Waals surface area contributed by atoms with Crippen molar-refractivity contribution in [3.8, 4) is 5.75 Å². The van der Waals surface area contributed by atoms with Crippen LogP contribution in [0.1, 0.15) is 27.6 Å². The lowest BCUT2D eigenvalue weighted by Gasteiger charge is -2.22. The third-order valence-corrected chi connectivity index (χ3v) is 4.53. The zero-order valence-electron chi connectivity index (χ0n) is 15.2. The van der Waals surface area contributed by atoms with Gasteiger partial charge in [-0.2, -0.15) is 0 Å². The summed E-state index contributed by atoms with van der Waals surface area (Å²) < 4.78 is 24.2. The minimum atomic E-state index is -0.797. The normalized spacial score (nSPS) is 11.6. The molecule has 0 N–H and O–H groups in total. The van der Waals surface area contributed by atoms with E-state index in [1.807, 2.05) is 0 Å². The SMILES string of the molecule is COC(=O)c1cc([N+](=O)[O-])ccc1OC(c1ccc(F)cc1)c1ccccc1Cl. The minimum absolute atomic E-state index is 0.0664. The van der Waals surface area contributed by atoms with Crippen molar-refractivity contribution in [3.05, 3.63) is 104 Å². The first kappa shape index (κ1) is 20.3. The van der Waals surface area contributed by atoms with Gasteiger partial charge in [-0.15, -0.1) is 0 Å². The number of methoxy groups -OCH3 is 1. The summed E-state index contributed by atoms with van der Waals surface area (Å²) in [6.45, 7) is 0. The van der Waals surface area contributed by atoms with Crippen LogP contribution in [0.3, 0.4) is 0 Å². The Morgan fingerprint density at radius 2 is 1.79 bits per heavy atom. The van der Waals surface area contributed by atoms with Gasteiger partial charge in [0.1, 0.15) is 17.1 Å². The largest absolute Gasteiger partial charge is 0.480 e. The summed E-state index contributed by atoms with van der Waals surface area (Å²) in [5, 5.41) is 11.5. The number of hydrogen-bond acceptors (Lipinski definition) is 5. The van der Waals surface area contributed by atoms with Gasteiger partial charge in [0.25, 0.3) is 5.69 Å². The number of non-ortho nitro benzene ring substituents is 1. The molecule has 0 aliphatic carbocycles. The van der Waals surface area contributed by atoms with E-state index in [9.17, 15) is 19.3 Å². The van der Waals surface area contributed by atoms with Gasteiger partial charge in [-0.05, 0) is 29.8 Å². The molecule has 0 saturated heterocycles. The van der Waals surface area contributed by atoms with Crippen molar-refractivity contribution in [1.82, 2.24) is 0 Å². The number of nitro benzene ring substituents is 1. The van der Waals surface area contributed by atoms with Crippen molar-refractivity contribution in [2.24, 2.45) is 0 Å². The molecule has 0 spiro atoms. The third kappa shape index (κ3) is 4.52. The van der Waals surface area contributed by atoms with Crippen LogP contribution in [-0.4, -0.2) is 18.0 Å². The second-order valence-electron chi connectivity index (χ2n) is 6.00. The van der Waals surface area contributed by atoms with Crippen molar-refractivity contribution in [2.45, 2.75) is 6.10 Å². The quantitative estimate of drug-likeness (QED) is 0.308. The molecule has 1 atom stereocenters. The lowest BCUT2D eigenvalue weighted by atomic mass is 10.0. The van der Waals surface area contributed by atoms with E-state index >= 15 is 0 Å². The predicted molar refractivity (Wildman–Crippen MR) is 105 cm³/mol. The highest BCUT2D eigenvalue weighted by molar-refractivity contribution is 6.31. The molecule has 0 amide bonds. The number of halogens is 2. The highest BCUT2D eigenvalue weighted by Crippen LogP contribution is 2.35. The molecule has 8 heteroatoms. The number of carbonyl (C=O) groups is 1. The summed E-state index contributed by atoms with van der Waals surface area (Å²) >= 11 is 6.33. The molecule has 3 aromatic rings. The molecule has 6 nitrogen and oxygen atoms in total. The number of rotatable bonds is 6. The van der Waals surface area contributed by atoms with Crippen LogP contribution in [0.4, 0.5) is 10.1 Å². The maximum absolute atomic E-state index is 13.4. The molecule has 3 rings (SSSR count). The number of nitrogens with zero attached hydrogens (tertiary/aromatic N) is 1. The lowest BCUT2D eigenvalue weighted by molar-refractivity contribution is -0.384. The molecule has 0 heterocycles. The van der Waals surface area contributed by atoms with Gasteiger partial charge in [-0.1, -0.05) is 41.9 Å². The van der Waals surface area contributed by atoms with Crippen LogP contribution in [0.5, 0.6) is 5.75 Å². The van der Waals surface area contributed by atoms with E-state index in [1.165, 1.54) is 36.4 Å². The molecule has 3 aromatic carbocycles. The van der Waals surface area contributed by atoms with E-state index in [-0.39, 0.29) is 17.0 Å². The van der Waals surface area contributed by atoms with E-state index in [2.05, 4.69) is 0 Å². The maximum atomic E-state index is 13.4. The molecule has 0 radical (unpaired) electrons. The predicted octanol–water partition coefficient (Wildman–Crippen LogP) is 5.34.